The molecule has 0 N–H and O–H groups in total. The lowest BCUT2D eigenvalue weighted by Gasteiger charge is -2.07. The quantitative estimate of drug-likeness (QED) is 0.109. The summed E-state index contributed by atoms with van der Waals surface area (Å²) in [4.78, 5) is 0. The van der Waals surface area contributed by atoms with E-state index < -0.39 is 0 Å². The maximum absolute atomic E-state index is 5.86. The van der Waals surface area contributed by atoms with Crippen molar-refractivity contribution >= 4 is 11.4 Å². The Bertz CT molecular complexity index is 1040. The third-order valence-corrected chi connectivity index (χ3v) is 5.97. The van der Waals surface area contributed by atoms with Crippen LogP contribution in [0.2, 0.25) is 0 Å². The minimum absolute atomic E-state index is 0.765. The summed E-state index contributed by atoms with van der Waals surface area (Å²) < 4.78 is 11.6. The molecular weight excluding hydrogens is 444 g/mol. The lowest BCUT2D eigenvalue weighted by atomic mass is 10.1. The van der Waals surface area contributed by atoms with Gasteiger partial charge >= 0.3 is 0 Å². The standard InChI is InChI=1S/C32H38N2O2/c1-2-28-18-22-31(23-19-28)35-26-14-9-7-5-3-4-6-8-10-15-27-36-32-24-20-30(21-25-32)34-33-29-16-12-11-13-17-29/h1,11-13,16-25H,3-10,14-15,26-27H2. The molecule has 3 rings (SSSR count). The van der Waals surface area contributed by atoms with Crippen molar-refractivity contribution in [1.82, 2.24) is 0 Å². The number of benzene rings is 3. The summed E-state index contributed by atoms with van der Waals surface area (Å²) in [6.07, 6.45) is 17.9. The van der Waals surface area contributed by atoms with E-state index in [2.05, 4.69) is 16.1 Å². The van der Waals surface area contributed by atoms with Gasteiger partial charge < -0.3 is 9.47 Å². The van der Waals surface area contributed by atoms with Crippen LogP contribution in [-0.2, 0) is 0 Å². The number of hydrogen-bond acceptors (Lipinski definition) is 4. The Hall–Kier alpha value is -3.58. The average Bonchev–Trinajstić information content (AvgIpc) is 2.93. The van der Waals surface area contributed by atoms with Crippen LogP contribution >= 0.6 is 0 Å². The molecule has 36 heavy (non-hydrogen) atoms. The summed E-state index contributed by atoms with van der Waals surface area (Å²) in [5.41, 5.74) is 2.57. The number of rotatable bonds is 17. The predicted octanol–water partition coefficient (Wildman–Crippen LogP) is 9.44. The fourth-order valence-electron chi connectivity index (χ4n) is 3.86. The van der Waals surface area contributed by atoms with Crippen LogP contribution in [0, 0.1) is 12.3 Å². The summed E-state index contributed by atoms with van der Waals surface area (Å²) in [6.45, 7) is 1.54. The number of terminal acetylenes is 1. The molecule has 0 unspecified atom stereocenters. The van der Waals surface area contributed by atoms with Crippen LogP contribution in [-0.4, -0.2) is 13.2 Å². The zero-order chi connectivity index (χ0) is 25.1. The van der Waals surface area contributed by atoms with Crippen molar-refractivity contribution in [3.8, 4) is 23.8 Å². The van der Waals surface area contributed by atoms with Gasteiger partial charge in [-0.3, -0.25) is 0 Å². The number of nitrogens with zero attached hydrogens (tertiary/aromatic N) is 2. The molecule has 0 aromatic heterocycles. The normalized spacial score (nSPS) is 10.9. The van der Waals surface area contributed by atoms with E-state index in [-0.39, 0.29) is 0 Å². The number of hydrogen-bond donors (Lipinski definition) is 0. The van der Waals surface area contributed by atoms with E-state index in [1.54, 1.807) is 0 Å². The van der Waals surface area contributed by atoms with Crippen LogP contribution in [0.5, 0.6) is 11.5 Å². The van der Waals surface area contributed by atoms with Gasteiger partial charge in [-0.05, 0) is 73.5 Å². The van der Waals surface area contributed by atoms with Crippen molar-refractivity contribution in [3.05, 3.63) is 84.4 Å². The van der Waals surface area contributed by atoms with Crippen LogP contribution in [0.15, 0.2) is 89.1 Å². The fraction of sp³-hybridized carbons (Fsp3) is 0.375. The molecule has 0 fully saturated rings. The Morgan fingerprint density at radius 2 is 0.917 bits per heavy atom. The first-order chi connectivity index (χ1) is 17.8. The molecule has 0 saturated heterocycles. The van der Waals surface area contributed by atoms with Crippen LogP contribution in [0.1, 0.15) is 69.8 Å². The first-order valence-corrected chi connectivity index (χ1v) is 13.2. The van der Waals surface area contributed by atoms with Gasteiger partial charge in [-0.1, -0.05) is 75.5 Å². The zero-order valence-electron chi connectivity index (χ0n) is 21.3. The Morgan fingerprint density at radius 3 is 1.39 bits per heavy atom. The molecule has 188 valence electrons. The largest absolute Gasteiger partial charge is 0.494 e. The number of azo groups is 1. The second-order valence-electron chi connectivity index (χ2n) is 8.93. The SMILES string of the molecule is C#Cc1ccc(OCCCCCCCCCCCCOc2ccc(N=Nc3ccccc3)cc2)cc1. The highest BCUT2D eigenvalue weighted by Crippen LogP contribution is 2.21. The predicted molar refractivity (Wildman–Crippen MR) is 149 cm³/mol. The molecule has 0 aliphatic heterocycles. The topological polar surface area (TPSA) is 43.2 Å². The van der Waals surface area contributed by atoms with E-state index >= 15 is 0 Å². The molecular formula is C32H38N2O2. The lowest BCUT2D eigenvalue weighted by Crippen LogP contribution is -1.97. The van der Waals surface area contributed by atoms with Gasteiger partial charge in [0.15, 0.2) is 0 Å². The number of ether oxygens (including phenoxy) is 2. The molecule has 3 aromatic carbocycles. The molecule has 0 radical (unpaired) electrons. The molecule has 0 atom stereocenters. The van der Waals surface area contributed by atoms with Gasteiger partial charge in [0.1, 0.15) is 11.5 Å². The second-order valence-corrected chi connectivity index (χ2v) is 8.93. The van der Waals surface area contributed by atoms with Gasteiger partial charge in [0.25, 0.3) is 0 Å². The summed E-state index contributed by atoms with van der Waals surface area (Å²) in [5, 5.41) is 8.50. The van der Waals surface area contributed by atoms with Crippen molar-refractivity contribution in [2.24, 2.45) is 10.2 Å². The maximum Gasteiger partial charge on any atom is 0.119 e. The first kappa shape index (κ1) is 27.0. The van der Waals surface area contributed by atoms with E-state index in [4.69, 9.17) is 15.9 Å². The van der Waals surface area contributed by atoms with E-state index in [0.29, 0.717) is 0 Å². The fourth-order valence-corrected chi connectivity index (χ4v) is 3.86. The molecule has 0 spiro atoms. The van der Waals surface area contributed by atoms with Crippen molar-refractivity contribution in [2.75, 3.05) is 13.2 Å². The Balaban J connectivity index is 1.10. The van der Waals surface area contributed by atoms with Crippen LogP contribution in [0.4, 0.5) is 11.4 Å². The molecule has 4 nitrogen and oxygen atoms in total. The highest BCUT2D eigenvalue weighted by atomic mass is 16.5. The van der Waals surface area contributed by atoms with Crippen molar-refractivity contribution in [2.45, 2.75) is 64.2 Å². The molecule has 3 aromatic rings. The molecule has 0 saturated carbocycles. The highest BCUT2D eigenvalue weighted by molar-refractivity contribution is 5.42. The van der Waals surface area contributed by atoms with Gasteiger partial charge in [-0.2, -0.15) is 10.2 Å². The van der Waals surface area contributed by atoms with Crippen molar-refractivity contribution in [1.29, 1.82) is 0 Å². The minimum atomic E-state index is 0.765. The summed E-state index contributed by atoms with van der Waals surface area (Å²) in [7, 11) is 0. The summed E-state index contributed by atoms with van der Waals surface area (Å²) in [6, 6.07) is 25.3. The van der Waals surface area contributed by atoms with Gasteiger partial charge in [0, 0.05) is 5.56 Å². The molecule has 4 heteroatoms. The Morgan fingerprint density at radius 1 is 0.500 bits per heavy atom. The molecule has 0 aliphatic rings. The van der Waals surface area contributed by atoms with Gasteiger partial charge in [-0.15, -0.1) is 6.42 Å². The van der Waals surface area contributed by atoms with E-state index in [1.165, 1.54) is 51.4 Å². The van der Waals surface area contributed by atoms with E-state index in [9.17, 15) is 0 Å². The van der Waals surface area contributed by atoms with Crippen LogP contribution in [0.25, 0.3) is 0 Å². The van der Waals surface area contributed by atoms with Crippen LogP contribution in [0.3, 0.4) is 0 Å². The van der Waals surface area contributed by atoms with E-state index in [1.807, 2.05) is 78.9 Å². The third kappa shape index (κ3) is 11.2. The highest BCUT2D eigenvalue weighted by Gasteiger charge is 1.98. The Kier molecular flexibility index (Phi) is 12.7. The monoisotopic (exact) mass is 482 g/mol. The summed E-state index contributed by atoms with van der Waals surface area (Å²) in [5.74, 6) is 4.41. The summed E-state index contributed by atoms with van der Waals surface area (Å²) >= 11 is 0. The second kappa shape index (κ2) is 16.9. The number of unbranched alkanes of at least 4 members (excludes halogenated alkanes) is 9. The smallest absolute Gasteiger partial charge is 0.119 e. The maximum atomic E-state index is 5.86. The minimum Gasteiger partial charge on any atom is -0.494 e. The Labute approximate surface area is 216 Å². The molecule has 0 amide bonds. The third-order valence-electron chi connectivity index (χ3n) is 5.97. The van der Waals surface area contributed by atoms with Crippen molar-refractivity contribution < 1.29 is 9.47 Å². The first-order valence-electron chi connectivity index (χ1n) is 13.2. The van der Waals surface area contributed by atoms with Gasteiger partial charge in [0.2, 0.25) is 0 Å². The molecule has 0 aliphatic carbocycles. The van der Waals surface area contributed by atoms with Crippen LogP contribution < -0.4 is 9.47 Å². The molecule has 0 heterocycles. The van der Waals surface area contributed by atoms with Gasteiger partial charge in [-0.25, -0.2) is 0 Å². The molecule has 0 bridgehead atoms. The lowest BCUT2D eigenvalue weighted by molar-refractivity contribution is 0.303. The van der Waals surface area contributed by atoms with Gasteiger partial charge in [0.05, 0.1) is 24.6 Å². The average molecular weight is 483 g/mol. The zero-order valence-corrected chi connectivity index (χ0v) is 21.3. The van der Waals surface area contributed by atoms with Crippen molar-refractivity contribution in [3.63, 3.8) is 0 Å². The van der Waals surface area contributed by atoms with E-state index in [0.717, 1.165) is 54.5 Å².